The van der Waals surface area contributed by atoms with Gasteiger partial charge in [-0.05, 0) is 65.2 Å². The lowest BCUT2D eigenvalue weighted by Crippen LogP contribution is -2.13. The minimum atomic E-state index is 0. The van der Waals surface area contributed by atoms with E-state index >= 15 is 0 Å². The van der Waals surface area contributed by atoms with E-state index in [1.165, 1.54) is 5.56 Å². The van der Waals surface area contributed by atoms with E-state index in [0.29, 0.717) is 13.2 Å². The summed E-state index contributed by atoms with van der Waals surface area (Å²) in [5, 5.41) is 3.45. The molecule has 0 saturated heterocycles. The van der Waals surface area contributed by atoms with E-state index in [1.807, 2.05) is 32.0 Å². The highest BCUT2D eigenvalue weighted by molar-refractivity contribution is 9.10. The van der Waals surface area contributed by atoms with Crippen molar-refractivity contribution in [3.63, 3.8) is 0 Å². The Morgan fingerprint density at radius 2 is 1.56 bits per heavy atom. The molecule has 0 aliphatic carbocycles. The predicted molar refractivity (Wildman–Crippen MR) is 107 cm³/mol. The smallest absolute Gasteiger partial charge is 0.175 e. The van der Waals surface area contributed by atoms with Gasteiger partial charge in [-0.15, -0.1) is 12.4 Å². The Bertz CT molecular complexity index is 650. The molecule has 0 fully saturated rings. The van der Waals surface area contributed by atoms with Gasteiger partial charge >= 0.3 is 0 Å². The Morgan fingerprint density at radius 3 is 2.16 bits per heavy atom. The minimum Gasteiger partial charge on any atom is -0.497 e. The molecule has 4 nitrogen and oxygen atoms in total. The van der Waals surface area contributed by atoms with Crippen molar-refractivity contribution in [1.29, 1.82) is 0 Å². The lowest BCUT2D eigenvalue weighted by molar-refractivity contribution is 0.286. The molecular formula is C19H25BrClNO3. The molecule has 0 atom stereocenters. The topological polar surface area (TPSA) is 39.7 Å². The highest BCUT2D eigenvalue weighted by Crippen LogP contribution is 2.36. The molecule has 1 N–H and O–H groups in total. The van der Waals surface area contributed by atoms with Crippen LogP contribution in [0.15, 0.2) is 40.9 Å². The molecule has 0 saturated carbocycles. The van der Waals surface area contributed by atoms with Gasteiger partial charge < -0.3 is 19.5 Å². The highest BCUT2D eigenvalue weighted by atomic mass is 79.9. The molecule has 0 aromatic heterocycles. The van der Waals surface area contributed by atoms with E-state index in [9.17, 15) is 0 Å². The zero-order valence-electron chi connectivity index (χ0n) is 14.8. The van der Waals surface area contributed by atoms with Gasteiger partial charge in [0.15, 0.2) is 11.5 Å². The van der Waals surface area contributed by atoms with E-state index in [-0.39, 0.29) is 12.4 Å². The third-order valence-electron chi connectivity index (χ3n) is 3.48. The number of nitrogens with one attached hydrogen (secondary N) is 1. The summed E-state index contributed by atoms with van der Waals surface area (Å²) >= 11 is 3.58. The standard InChI is InChI=1S/C19H24BrNO3.ClH/c1-4-23-18-11-15(10-17(20)19(18)24-5-2)13-21-12-14-6-8-16(22-3)9-7-14;/h6-11,21H,4-5,12-13H2,1-3H3;1H. The van der Waals surface area contributed by atoms with Gasteiger partial charge in [0.25, 0.3) is 0 Å². The molecule has 2 aromatic rings. The quantitative estimate of drug-likeness (QED) is 0.610. The van der Waals surface area contributed by atoms with Gasteiger partial charge in [0.05, 0.1) is 24.8 Å². The van der Waals surface area contributed by atoms with Crippen molar-refractivity contribution in [1.82, 2.24) is 5.32 Å². The lowest BCUT2D eigenvalue weighted by Gasteiger charge is -2.15. The summed E-state index contributed by atoms with van der Waals surface area (Å²) < 4.78 is 17.5. The summed E-state index contributed by atoms with van der Waals surface area (Å²) in [4.78, 5) is 0. The van der Waals surface area contributed by atoms with Crippen LogP contribution in [-0.4, -0.2) is 20.3 Å². The van der Waals surface area contributed by atoms with Gasteiger partial charge in [0, 0.05) is 13.1 Å². The Balaban J connectivity index is 0.00000312. The molecule has 0 radical (unpaired) electrons. The van der Waals surface area contributed by atoms with Crippen LogP contribution < -0.4 is 19.5 Å². The zero-order chi connectivity index (χ0) is 17.4. The molecule has 0 aliphatic rings. The summed E-state index contributed by atoms with van der Waals surface area (Å²) in [6.45, 7) is 6.68. The Labute approximate surface area is 164 Å². The fourth-order valence-electron chi connectivity index (χ4n) is 2.37. The summed E-state index contributed by atoms with van der Waals surface area (Å²) in [5.41, 5.74) is 2.35. The Hall–Kier alpha value is -1.43. The molecule has 2 aromatic carbocycles. The third kappa shape index (κ3) is 6.42. The van der Waals surface area contributed by atoms with Gasteiger partial charge in [0.1, 0.15) is 5.75 Å². The molecule has 25 heavy (non-hydrogen) atoms. The van der Waals surface area contributed by atoms with Crippen molar-refractivity contribution in [2.75, 3.05) is 20.3 Å². The van der Waals surface area contributed by atoms with Crippen molar-refractivity contribution in [3.05, 3.63) is 52.0 Å². The molecule has 0 amide bonds. The number of ether oxygens (including phenoxy) is 3. The van der Waals surface area contributed by atoms with Gasteiger partial charge in [-0.1, -0.05) is 12.1 Å². The molecule has 0 spiro atoms. The van der Waals surface area contributed by atoms with E-state index in [2.05, 4.69) is 39.4 Å². The van der Waals surface area contributed by atoms with Crippen LogP contribution in [0.3, 0.4) is 0 Å². The first kappa shape index (κ1) is 21.6. The number of rotatable bonds is 9. The number of hydrogen-bond acceptors (Lipinski definition) is 4. The van der Waals surface area contributed by atoms with Crippen LogP contribution in [0.2, 0.25) is 0 Å². The Kier molecular flexibility index (Phi) is 9.71. The van der Waals surface area contributed by atoms with E-state index < -0.39 is 0 Å². The number of hydrogen-bond donors (Lipinski definition) is 1. The van der Waals surface area contributed by atoms with Crippen LogP contribution >= 0.6 is 28.3 Å². The Morgan fingerprint density at radius 1 is 0.920 bits per heavy atom. The summed E-state index contributed by atoms with van der Waals surface area (Å²) in [5.74, 6) is 2.41. The maximum Gasteiger partial charge on any atom is 0.175 e. The fourth-order valence-corrected chi connectivity index (χ4v) is 2.97. The average Bonchev–Trinajstić information content (AvgIpc) is 2.59. The molecule has 0 unspecified atom stereocenters. The lowest BCUT2D eigenvalue weighted by atomic mass is 10.1. The van der Waals surface area contributed by atoms with Crippen molar-refractivity contribution in [2.24, 2.45) is 0 Å². The molecule has 0 aliphatic heterocycles. The SMILES string of the molecule is CCOc1cc(CNCc2ccc(OC)cc2)cc(Br)c1OCC.Cl. The second-order valence-electron chi connectivity index (χ2n) is 5.22. The monoisotopic (exact) mass is 429 g/mol. The molecule has 6 heteroatoms. The van der Waals surface area contributed by atoms with Crippen molar-refractivity contribution >= 4 is 28.3 Å². The number of halogens is 2. The average molecular weight is 431 g/mol. The maximum atomic E-state index is 5.70. The summed E-state index contributed by atoms with van der Waals surface area (Å²) in [6, 6.07) is 12.2. The number of benzene rings is 2. The predicted octanol–water partition coefficient (Wildman–Crippen LogP) is 4.97. The zero-order valence-corrected chi connectivity index (χ0v) is 17.2. The minimum absolute atomic E-state index is 0. The second kappa shape index (κ2) is 11.2. The summed E-state index contributed by atoms with van der Waals surface area (Å²) in [7, 11) is 1.67. The van der Waals surface area contributed by atoms with Crippen LogP contribution in [0.4, 0.5) is 0 Å². The van der Waals surface area contributed by atoms with E-state index in [0.717, 1.165) is 40.4 Å². The van der Waals surface area contributed by atoms with Gasteiger partial charge in [-0.25, -0.2) is 0 Å². The largest absolute Gasteiger partial charge is 0.497 e. The summed E-state index contributed by atoms with van der Waals surface area (Å²) in [6.07, 6.45) is 0. The number of methoxy groups -OCH3 is 1. The molecule has 0 bridgehead atoms. The van der Waals surface area contributed by atoms with Crippen LogP contribution in [0, 0.1) is 0 Å². The van der Waals surface area contributed by atoms with Crippen LogP contribution in [-0.2, 0) is 13.1 Å². The first-order valence-electron chi connectivity index (χ1n) is 8.09. The van der Waals surface area contributed by atoms with E-state index in [1.54, 1.807) is 7.11 Å². The maximum absolute atomic E-state index is 5.70. The van der Waals surface area contributed by atoms with Crippen LogP contribution in [0.25, 0.3) is 0 Å². The van der Waals surface area contributed by atoms with Crippen molar-refractivity contribution in [3.8, 4) is 17.2 Å². The highest BCUT2D eigenvalue weighted by Gasteiger charge is 2.11. The molecular weight excluding hydrogens is 406 g/mol. The van der Waals surface area contributed by atoms with Crippen LogP contribution in [0.5, 0.6) is 17.2 Å². The van der Waals surface area contributed by atoms with Gasteiger partial charge in [-0.3, -0.25) is 0 Å². The molecule has 2 rings (SSSR count). The first-order valence-corrected chi connectivity index (χ1v) is 8.88. The van der Waals surface area contributed by atoms with Crippen molar-refractivity contribution < 1.29 is 14.2 Å². The molecule has 138 valence electrons. The van der Waals surface area contributed by atoms with Crippen LogP contribution in [0.1, 0.15) is 25.0 Å². The van der Waals surface area contributed by atoms with Gasteiger partial charge in [0.2, 0.25) is 0 Å². The fraction of sp³-hybridized carbons (Fsp3) is 0.368. The first-order chi connectivity index (χ1) is 11.7. The molecule has 0 heterocycles. The van der Waals surface area contributed by atoms with Crippen molar-refractivity contribution in [2.45, 2.75) is 26.9 Å². The normalized spacial score (nSPS) is 10.1. The second-order valence-corrected chi connectivity index (χ2v) is 6.08. The third-order valence-corrected chi connectivity index (χ3v) is 4.06. The van der Waals surface area contributed by atoms with E-state index in [4.69, 9.17) is 14.2 Å². The van der Waals surface area contributed by atoms with Gasteiger partial charge in [-0.2, -0.15) is 0 Å².